The molecule has 0 unspecified atom stereocenters. The summed E-state index contributed by atoms with van der Waals surface area (Å²) < 4.78 is 5.12. The average Bonchev–Trinajstić information content (AvgIpc) is 2.98. The van der Waals surface area contributed by atoms with Crippen molar-refractivity contribution in [3.8, 4) is 11.5 Å². The first-order valence-corrected chi connectivity index (χ1v) is 6.71. The molecule has 2 amide bonds. The van der Waals surface area contributed by atoms with Crippen LogP contribution in [0.5, 0.6) is 0 Å². The highest BCUT2D eigenvalue weighted by Crippen LogP contribution is 2.20. The molecule has 2 rings (SSSR count). The van der Waals surface area contributed by atoms with Gasteiger partial charge in [0, 0.05) is 17.8 Å². The van der Waals surface area contributed by atoms with Crippen molar-refractivity contribution in [2.24, 2.45) is 0 Å². The molecule has 20 heavy (non-hydrogen) atoms. The van der Waals surface area contributed by atoms with Crippen LogP contribution in [0.25, 0.3) is 11.5 Å². The summed E-state index contributed by atoms with van der Waals surface area (Å²) >= 11 is 0. The fraction of sp³-hybridized carbons (Fsp3) is 0.357. The number of nitrogens with one attached hydrogen (secondary N) is 2. The molecule has 1 aromatic heterocycles. The van der Waals surface area contributed by atoms with Gasteiger partial charge in [0.25, 0.3) is 0 Å². The fourth-order valence-corrected chi connectivity index (χ4v) is 1.78. The van der Waals surface area contributed by atoms with Gasteiger partial charge in [-0.1, -0.05) is 25.8 Å². The molecule has 0 aliphatic heterocycles. The second-order valence-corrected chi connectivity index (χ2v) is 4.41. The van der Waals surface area contributed by atoms with E-state index in [-0.39, 0.29) is 6.03 Å². The molecule has 1 aromatic carbocycles. The molecule has 106 valence electrons. The highest BCUT2D eigenvalue weighted by Gasteiger charge is 2.06. The molecule has 0 radical (unpaired) electrons. The first-order valence-electron chi connectivity index (χ1n) is 6.71. The number of hydrogen-bond donors (Lipinski definition) is 2. The maximum Gasteiger partial charge on any atom is 0.319 e. The van der Waals surface area contributed by atoms with E-state index < -0.39 is 0 Å². The lowest BCUT2D eigenvalue weighted by Gasteiger charge is -2.07. The lowest BCUT2D eigenvalue weighted by atomic mass is 10.2. The maximum absolute atomic E-state index is 11.7. The monoisotopic (exact) mass is 274 g/mol. The van der Waals surface area contributed by atoms with Gasteiger partial charge in [-0.15, -0.1) is 10.2 Å². The summed E-state index contributed by atoms with van der Waals surface area (Å²) in [6, 6.07) is 7.07. The van der Waals surface area contributed by atoms with Crippen LogP contribution in [0, 0.1) is 0 Å². The number of nitrogens with zero attached hydrogens (tertiary/aromatic N) is 2. The van der Waals surface area contributed by atoms with E-state index in [9.17, 15) is 4.79 Å². The van der Waals surface area contributed by atoms with Gasteiger partial charge < -0.3 is 15.1 Å². The van der Waals surface area contributed by atoms with E-state index in [0.717, 1.165) is 24.8 Å². The summed E-state index contributed by atoms with van der Waals surface area (Å²) in [6.07, 6.45) is 4.52. The van der Waals surface area contributed by atoms with Gasteiger partial charge in [0.05, 0.1) is 0 Å². The van der Waals surface area contributed by atoms with E-state index in [1.807, 2.05) is 18.2 Å². The lowest BCUT2D eigenvalue weighted by molar-refractivity contribution is 0.252. The van der Waals surface area contributed by atoms with E-state index in [1.54, 1.807) is 6.07 Å². The second-order valence-electron chi connectivity index (χ2n) is 4.41. The van der Waals surface area contributed by atoms with Gasteiger partial charge in [0.15, 0.2) is 0 Å². The first-order chi connectivity index (χ1) is 9.79. The normalized spacial score (nSPS) is 10.2. The Morgan fingerprint density at radius 3 is 3.00 bits per heavy atom. The van der Waals surface area contributed by atoms with Crippen LogP contribution in [0.1, 0.15) is 26.2 Å². The van der Waals surface area contributed by atoms with Crippen molar-refractivity contribution in [2.45, 2.75) is 26.2 Å². The quantitative estimate of drug-likeness (QED) is 0.793. The minimum absolute atomic E-state index is 0.205. The zero-order valence-corrected chi connectivity index (χ0v) is 11.4. The van der Waals surface area contributed by atoms with Crippen molar-refractivity contribution in [1.82, 2.24) is 15.5 Å². The molecule has 6 heteroatoms. The molecular weight excluding hydrogens is 256 g/mol. The summed E-state index contributed by atoms with van der Waals surface area (Å²) in [6.45, 7) is 2.81. The Hall–Kier alpha value is -2.37. The molecule has 0 atom stereocenters. The standard InChI is InChI=1S/C14H18N4O2/c1-2-3-4-8-15-14(19)17-12-7-5-6-11(9-12)13-18-16-10-20-13/h5-7,9-10H,2-4,8H2,1H3,(H2,15,17,19). The number of amides is 2. The summed E-state index contributed by atoms with van der Waals surface area (Å²) in [5.74, 6) is 0.428. The van der Waals surface area contributed by atoms with E-state index in [2.05, 4.69) is 27.8 Å². The van der Waals surface area contributed by atoms with Crippen molar-refractivity contribution in [3.63, 3.8) is 0 Å². The van der Waals surface area contributed by atoms with Crippen molar-refractivity contribution in [2.75, 3.05) is 11.9 Å². The zero-order valence-electron chi connectivity index (χ0n) is 11.4. The first kappa shape index (κ1) is 14.0. The SMILES string of the molecule is CCCCCNC(=O)Nc1cccc(-c2nnco2)c1. The summed E-state index contributed by atoms with van der Waals surface area (Å²) in [4.78, 5) is 11.7. The van der Waals surface area contributed by atoms with Gasteiger partial charge in [-0.05, 0) is 24.6 Å². The van der Waals surface area contributed by atoms with Gasteiger partial charge in [-0.2, -0.15) is 0 Å². The molecule has 2 aromatic rings. The van der Waals surface area contributed by atoms with E-state index in [4.69, 9.17) is 4.42 Å². The van der Waals surface area contributed by atoms with Crippen LogP contribution in [0.2, 0.25) is 0 Å². The molecule has 0 saturated carbocycles. The van der Waals surface area contributed by atoms with Crippen molar-refractivity contribution >= 4 is 11.7 Å². The molecule has 0 bridgehead atoms. The Balaban J connectivity index is 1.90. The third-order valence-electron chi connectivity index (χ3n) is 2.79. The minimum atomic E-state index is -0.205. The second kappa shape index (κ2) is 7.28. The molecule has 0 saturated heterocycles. The van der Waals surface area contributed by atoms with E-state index in [0.29, 0.717) is 18.1 Å². The predicted octanol–water partition coefficient (Wildman–Crippen LogP) is 3.05. The average molecular weight is 274 g/mol. The Labute approximate surface area is 117 Å². The van der Waals surface area contributed by atoms with Crippen LogP contribution in [0.15, 0.2) is 35.1 Å². The summed E-state index contributed by atoms with van der Waals surface area (Å²) in [5, 5.41) is 13.1. The molecule has 0 aliphatic carbocycles. The van der Waals surface area contributed by atoms with Crippen molar-refractivity contribution < 1.29 is 9.21 Å². The van der Waals surface area contributed by atoms with Crippen molar-refractivity contribution in [3.05, 3.63) is 30.7 Å². The molecule has 2 N–H and O–H groups in total. The predicted molar refractivity (Wildman–Crippen MR) is 76.3 cm³/mol. The number of unbranched alkanes of at least 4 members (excludes halogenated alkanes) is 2. The van der Waals surface area contributed by atoms with Crippen molar-refractivity contribution in [1.29, 1.82) is 0 Å². The van der Waals surface area contributed by atoms with E-state index in [1.165, 1.54) is 6.39 Å². The number of carbonyl (C=O) groups excluding carboxylic acids is 1. The molecule has 0 spiro atoms. The Kier molecular flexibility index (Phi) is 5.11. The molecule has 0 fully saturated rings. The topological polar surface area (TPSA) is 80.0 Å². The zero-order chi connectivity index (χ0) is 14.2. The third-order valence-corrected chi connectivity index (χ3v) is 2.79. The number of anilines is 1. The molecule has 1 heterocycles. The van der Waals surface area contributed by atoms with Crippen LogP contribution >= 0.6 is 0 Å². The maximum atomic E-state index is 11.7. The van der Waals surface area contributed by atoms with Gasteiger partial charge in [0.2, 0.25) is 12.3 Å². The van der Waals surface area contributed by atoms with Gasteiger partial charge in [-0.3, -0.25) is 0 Å². The number of rotatable bonds is 6. The number of carbonyl (C=O) groups is 1. The van der Waals surface area contributed by atoms with Gasteiger partial charge >= 0.3 is 6.03 Å². The van der Waals surface area contributed by atoms with Crippen LogP contribution in [0.3, 0.4) is 0 Å². The highest BCUT2D eigenvalue weighted by atomic mass is 16.4. The molecular formula is C14H18N4O2. The van der Waals surface area contributed by atoms with Gasteiger partial charge in [0.1, 0.15) is 0 Å². The van der Waals surface area contributed by atoms with Crippen LogP contribution < -0.4 is 10.6 Å². The largest absolute Gasteiger partial charge is 0.423 e. The minimum Gasteiger partial charge on any atom is -0.423 e. The Morgan fingerprint density at radius 1 is 1.35 bits per heavy atom. The molecule has 6 nitrogen and oxygen atoms in total. The third kappa shape index (κ3) is 4.08. The number of hydrogen-bond acceptors (Lipinski definition) is 4. The highest BCUT2D eigenvalue weighted by molar-refractivity contribution is 5.89. The number of urea groups is 1. The Bertz CT molecular complexity index is 540. The summed E-state index contributed by atoms with van der Waals surface area (Å²) in [5.41, 5.74) is 1.46. The molecule has 0 aliphatic rings. The van der Waals surface area contributed by atoms with Crippen LogP contribution in [0.4, 0.5) is 10.5 Å². The van der Waals surface area contributed by atoms with Gasteiger partial charge in [-0.25, -0.2) is 4.79 Å². The Morgan fingerprint density at radius 2 is 2.25 bits per heavy atom. The number of benzene rings is 1. The lowest BCUT2D eigenvalue weighted by Crippen LogP contribution is -2.29. The fourth-order valence-electron chi connectivity index (χ4n) is 1.78. The smallest absolute Gasteiger partial charge is 0.319 e. The van der Waals surface area contributed by atoms with E-state index >= 15 is 0 Å². The summed E-state index contributed by atoms with van der Waals surface area (Å²) in [7, 11) is 0. The number of aromatic nitrogens is 2. The van der Waals surface area contributed by atoms with Crippen LogP contribution in [-0.2, 0) is 0 Å². The van der Waals surface area contributed by atoms with Crippen LogP contribution in [-0.4, -0.2) is 22.8 Å².